The van der Waals surface area contributed by atoms with Crippen LogP contribution < -0.4 is 15.4 Å². The lowest BCUT2D eigenvalue weighted by Gasteiger charge is -2.27. The second-order valence-corrected chi connectivity index (χ2v) is 4.73. The molecule has 1 unspecified atom stereocenters. The number of pyridine rings is 1. The Bertz CT molecular complexity index is 392. The number of nitrogen functional groups attached to an aromatic ring is 1. The summed E-state index contributed by atoms with van der Waals surface area (Å²) < 4.78 is 10.6. The normalized spacial score (nSPS) is 19.6. The Morgan fingerprint density at radius 1 is 1.56 bits per heavy atom. The van der Waals surface area contributed by atoms with E-state index in [1.165, 1.54) is 6.42 Å². The van der Waals surface area contributed by atoms with Crippen molar-refractivity contribution in [2.45, 2.75) is 12.8 Å². The highest BCUT2D eigenvalue weighted by molar-refractivity contribution is 5.54. The highest BCUT2D eigenvalue weighted by atomic mass is 16.5. The predicted octanol–water partition coefficient (Wildman–Crippen LogP) is 1.54. The Labute approximate surface area is 108 Å². The lowest BCUT2D eigenvalue weighted by molar-refractivity contribution is 0.0576. The van der Waals surface area contributed by atoms with Crippen molar-refractivity contribution in [3.63, 3.8) is 0 Å². The van der Waals surface area contributed by atoms with Gasteiger partial charge in [0.05, 0.1) is 19.4 Å². The van der Waals surface area contributed by atoms with Gasteiger partial charge in [0.25, 0.3) is 0 Å². The van der Waals surface area contributed by atoms with Crippen LogP contribution in [0, 0.1) is 5.92 Å². The number of rotatable bonds is 4. The van der Waals surface area contributed by atoms with Crippen LogP contribution in [0.25, 0.3) is 0 Å². The molecule has 2 N–H and O–H groups in total. The molecule has 1 fully saturated rings. The molecule has 5 heteroatoms. The van der Waals surface area contributed by atoms with E-state index in [9.17, 15) is 0 Å². The summed E-state index contributed by atoms with van der Waals surface area (Å²) in [5, 5.41) is 0. The lowest BCUT2D eigenvalue weighted by atomic mass is 10.0. The molecule has 18 heavy (non-hydrogen) atoms. The monoisotopic (exact) mass is 251 g/mol. The Hall–Kier alpha value is -1.49. The molecule has 0 spiro atoms. The molecule has 1 aliphatic heterocycles. The molecule has 0 saturated carbocycles. The molecule has 100 valence electrons. The molecule has 0 amide bonds. The van der Waals surface area contributed by atoms with Crippen LogP contribution >= 0.6 is 0 Å². The number of hydrogen-bond acceptors (Lipinski definition) is 5. The topological polar surface area (TPSA) is 60.6 Å². The van der Waals surface area contributed by atoms with Gasteiger partial charge in [-0.05, 0) is 30.9 Å². The summed E-state index contributed by atoms with van der Waals surface area (Å²) in [6.07, 6.45) is 2.37. The number of nitrogens with two attached hydrogens (primary N) is 1. The van der Waals surface area contributed by atoms with E-state index in [0.717, 1.165) is 32.0 Å². The molecule has 1 aromatic heterocycles. The zero-order chi connectivity index (χ0) is 13.0. The predicted molar refractivity (Wildman–Crippen MR) is 72.0 cm³/mol. The minimum absolute atomic E-state index is 0.485. The quantitative estimate of drug-likeness (QED) is 0.879. The van der Waals surface area contributed by atoms with E-state index < -0.39 is 0 Å². The van der Waals surface area contributed by atoms with Crippen LogP contribution in [0.4, 0.5) is 11.5 Å². The Morgan fingerprint density at radius 2 is 2.39 bits per heavy atom. The van der Waals surface area contributed by atoms with Crippen LogP contribution in [0.5, 0.6) is 5.88 Å². The van der Waals surface area contributed by atoms with E-state index >= 15 is 0 Å². The fourth-order valence-corrected chi connectivity index (χ4v) is 2.25. The summed E-state index contributed by atoms with van der Waals surface area (Å²) in [7, 11) is 3.62. The van der Waals surface area contributed by atoms with Crippen LogP contribution in [-0.4, -0.2) is 38.9 Å². The van der Waals surface area contributed by atoms with E-state index in [-0.39, 0.29) is 0 Å². The summed E-state index contributed by atoms with van der Waals surface area (Å²) >= 11 is 0. The Morgan fingerprint density at radius 3 is 3.06 bits per heavy atom. The molecular formula is C13H21N3O2. The first-order valence-electron chi connectivity index (χ1n) is 6.30. The van der Waals surface area contributed by atoms with Gasteiger partial charge in [-0.3, -0.25) is 0 Å². The third-order valence-corrected chi connectivity index (χ3v) is 3.25. The van der Waals surface area contributed by atoms with E-state index in [1.807, 2.05) is 19.2 Å². The first-order valence-corrected chi connectivity index (χ1v) is 6.30. The largest absolute Gasteiger partial charge is 0.479 e. The third-order valence-electron chi connectivity index (χ3n) is 3.25. The third kappa shape index (κ3) is 3.04. The number of aromatic nitrogens is 1. The smallest absolute Gasteiger partial charge is 0.238 e. The van der Waals surface area contributed by atoms with Gasteiger partial charge in [-0.2, -0.15) is 4.98 Å². The molecule has 1 aromatic rings. The number of methoxy groups -OCH3 is 1. The van der Waals surface area contributed by atoms with Crippen molar-refractivity contribution >= 4 is 11.5 Å². The zero-order valence-electron chi connectivity index (χ0n) is 11.1. The fraction of sp³-hybridized carbons (Fsp3) is 0.615. The van der Waals surface area contributed by atoms with Crippen LogP contribution in [0.1, 0.15) is 12.8 Å². The molecule has 0 aromatic carbocycles. The second kappa shape index (κ2) is 5.91. The van der Waals surface area contributed by atoms with E-state index in [2.05, 4.69) is 9.88 Å². The summed E-state index contributed by atoms with van der Waals surface area (Å²) in [5.41, 5.74) is 6.32. The first kappa shape index (κ1) is 13.0. The van der Waals surface area contributed by atoms with Crippen molar-refractivity contribution in [2.75, 3.05) is 44.5 Å². The maximum atomic E-state index is 5.76. The standard InChI is InChI=1S/C13H21N3O2/c1-16(8-10-4-3-7-18-9-10)12-6-5-11(14)13(15-12)17-2/h5-6,10H,3-4,7-9,14H2,1-2H3. The number of nitrogens with zero attached hydrogens (tertiary/aromatic N) is 2. The van der Waals surface area contributed by atoms with Crippen LogP contribution in [-0.2, 0) is 4.74 Å². The van der Waals surface area contributed by atoms with Gasteiger partial charge >= 0.3 is 0 Å². The van der Waals surface area contributed by atoms with Gasteiger partial charge in [0, 0.05) is 20.2 Å². The van der Waals surface area contributed by atoms with Crippen molar-refractivity contribution in [2.24, 2.45) is 5.92 Å². The zero-order valence-corrected chi connectivity index (χ0v) is 11.1. The SMILES string of the molecule is COc1nc(N(C)CC2CCCOC2)ccc1N. The average molecular weight is 251 g/mol. The molecule has 5 nitrogen and oxygen atoms in total. The molecule has 0 bridgehead atoms. The molecule has 0 radical (unpaired) electrons. The highest BCUT2D eigenvalue weighted by Gasteiger charge is 2.17. The van der Waals surface area contributed by atoms with Crippen molar-refractivity contribution < 1.29 is 9.47 Å². The highest BCUT2D eigenvalue weighted by Crippen LogP contribution is 2.23. The van der Waals surface area contributed by atoms with Gasteiger partial charge < -0.3 is 20.1 Å². The number of anilines is 2. The van der Waals surface area contributed by atoms with Crippen LogP contribution in [0.3, 0.4) is 0 Å². The molecule has 2 heterocycles. The number of hydrogen-bond donors (Lipinski definition) is 1. The minimum Gasteiger partial charge on any atom is -0.479 e. The Kier molecular flexibility index (Phi) is 4.25. The molecule has 1 atom stereocenters. The Balaban J connectivity index is 2.01. The van der Waals surface area contributed by atoms with E-state index in [1.54, 1.807) is 7.11 Å². The maximum Gasteiger partial charge on any atom is 0.238 e. The van der Waals surface area contributed by atoms with Crippen LogP contribution in [0.2, 0.25) is 0 Å². The molecule has 1 aliphatic rings. The van der Waals surface area contributed by atoms with Crippen molar-refractivity contribution in [3.8, 4) is 5.88 Å². The maximum absolute atomic E-state index is 5.76. The second-order valence-electron chi connectivity index (χ2n) is 4.73. The van der Waals surface area contributed by atoms with Crippen molar-refractivity contribution in [1.82, 2.24) is 4.98 Å². The van der Waals surface area contributed by atoms with E-state index in [0.29, 0.717) is 17.5 Å². The summed E-state index contributed by atoms with van der Waals surface area (Å²) in [4.78, 5) is 6.52. The first-order chi connectivity index (χ1) is 8.70. The summed E-state index contributed by atoms with van der Waals surface area (Å²) in [6, 6.07) is 3.75. The molecule has 0 aliphatic carbocycles. The molecule has 2 rings (SSSR count). The summed E-state index contributed by atoms with van der Waals surface area (Å²) in [5.74, 6) is 1.94. The molecule has 1 saturated heterocycles. The van der Waals surface area contributed by atoms with Gasteiger partial charge in [0.2, 0.25) is 5.88 Å². The average Bonchev–Trinajstić information content (AvgIpc) is 2.40. The summed E-state index contributed by atoms with van der Waals surface area (Å²) in [6.45, 7) is 2.69. The van der Waals surface area contributed by atoms with Gasteiger partial charge in [-0.15, -0.1) is 0 Å². The lowest BCUT2D eigenvalue weighted by Crippen LogP contribution is -2.31. The van der Waals surface area contributed by atoms with E-state index in [4.69, 9.17) is 15.2 Å². The van der Waals surface area contributed by atoms with Gasteiger partial charge in [0.1, 0.15) is 5.82 Å². The van der Waals surface area contributed by atoms with Gasteiger partial charge in [0.15, 0.2) is 0 Å². The minimum atomic E-state index is 0.485. The molecular weight excluding hydrogens is 230 g/mol. The van der Waals surface area contributed by atoms with Crippen molar-refractivity contribution in [1.29, 1.82) is 0 Å². The van der Waals surface area contributed by atoms with Crippen molar-refractivity contribution in [3.05, 3.63) is 12.1 Å². The van der Waals surface area contributed by atoms with Crippen LogP contribution in [0.15, 0.2) is 12.1 Å². The fourth-order valence-electron chi connectivity index (χ4n) is 2.25. The van der Waals surface area contributed by atoms with Gasteiger partial charge in [-0.1, -0.05) is 0 Å². The van der Waals surface area contributed by atoms with Gasteiger partial charge in [-0.25, -0.2) is 0 Å². The number of ether oxygens (including phenoxy) is 2.